The van der Waals surface area contributed by atoms with Crippen molar-refractivity contribution in [3.63, 3.8) is 0 Å². The molecule has 0 N–H and O–H groups in total. The molecule has 0 aromatic heterocycles. The minimum Gasteiger partial charge on any atom is -0.198 e. The first-order valence-electron chi connectivity index (χ1n) is 7.17. The van der Waals surface area contributed by atoms with Gasteiger partial charge < -0.3 is 0 Å². The van der Waals surface area contributed by atoms with Crippen LogP contribution in [0.3, 0.4) is 0 Å². The minimum atomic E-state index is 0.0550. The number of unbranched alkanes of at least 4 members (excludes halogenated alkanes) is 3. The van der Waals surface area contributed by atoms with Gasteiger partial charge in [0.05, 0.1) is 11.5 Å². The van der Waals surface area contributed by atoms with E-state index in [9.17, 15) is 5.26 Å². The molecular weight excluding hydrogens is 194 g/mol. The van der Waals surface area contributed by atoms with Gasteiger partial charge in [0.15, 0.2) is 0 Å². The highest BCUT2D eigenvalue weighted by molar-refractivity contribution is 5.01. The van der Waals surface area contributed by atoms with Gasteiger partial charge in [-0.3, -0.25) is 0 Å². The molecule has 0 heterocycles. The fraction of sp³-hybridized carbons (Fsp3) is 0.933. The molecule has 1 aliphatic rings. The first-order chi connectivity index (χ1) is 7.76. The van der Waals surface area contributed by atoms with Crippen molar-refractivity contribution in [2.75, 3.05) is 0 Å². The summed E-state index contributed by atoms with van der Waals surface area (Å²) in [5, 5.41) is 9.41. The Bertz CT molecular complexity index is 218. The van der Waals surface area contributed by atoms with Crippen LogP contribution in [0.5, 0.6) is 0 Å². The first kappa shape index (κ1) is 13.6. The second-order valence-corrected chi connectivity index (χ2v) is 5.55. The van der Waals surface area contributed by atoms with Gasteiger partial charge in [-0.1, -0.05) is 46.0 Å². The van der Waals surface area contributed by atoms with E-state index in [1.165, 1.54) is 44.9 Å². The molecule has 1 nitrogen and oxygen atoms in total. The van der Waals surface area contributed by atoms with Crippen molar-refractivity contribution in [3.05, 3.63) is 0 Å². The number of hydrogen-bond acceptors (Lipinski definition) is 1. The van der Waals surface area contributed by atoms with Crippen molar-refractivity contribution in [3.8, 4) is 6.07 Å². The Labute approximate surface area is 101 Å². The van der Waals surface area contributed by atoms with Gasteiger partial charge in [0.2, 0.25) is 0 Å². The van der Waals surface area contributed by atoms with E-state index in [-0.39, 0.29) is 5.41 Å². The van der Waals surface area contributed by atoms with Gasteiger partial charge >= 0.3 is 0 Å². The maximum Gasteiger partial charge on any atom is 0.0689 e. The lowest BCUT2D eigenvalue weighted by Crippen LogP contribution is -2.25. The highest BCUT2D eigenvalue weighted by Gasteiger charge is 2.34. The molecule has 0 aliphatic heterocycles. The molecule has 0 radical (unpaired) electrons. The molecule has 0 aromatic carbocycles. The number of hydrogen-bond donors (Lipinski definition) is 0. The summed E-state index contributed by atoms with van der Waals surface area (Å²) in [5.74, 6) is 0.900. The molecule has 0 amide bonds. The van der Waals surface area contributed by atoms with E-state index < -0.39 is 0 Å². The van der Waals surface area contributed by atoms with Gasteiger partial charge in [0.1, 0.15) is 0 Å². The molecule has 0 spiro atoms. The van der Waals surface area contributed by atoms with Crippen molar-refractivity contribution >= 4 is 0 Å². The van der Waals surface area contributed by atoms with E-state index in [2.05, 4.69) is 19.9 Å². The lowest BCUT2D eigenvalue weighted by molar-refractivity contribution is 0.189. The summed E-state index contributed by atoms with van der Waals surface area (Å²) < 4.78 is 0. The molecule has 92 valence electrons. The molecule has 0 atom stereocenters. The summed E-state index contributed by atoms with van der Waals surface area (Å²) in [4.78, 5) is 0. The van der Waals surface area contributed by atoms with Crippen molar-refractivity contribution in [2.45, 2.75) is 78.1 Å². The number of nitrogens with zero attached hydrogens (tertiary/aromatic N) is 1. The Hall–Kier alpha value is -0.510. The third kappa shape index (κ3) is 3.81. The Balaban J connectivity index is 2.32. The van der Waals surface area contributed by atoms with Gasteiger partial charge in [-0.05, 0) is 38.0 Å². The molecular formula is C15H27N. The molecule has 0 unspecified atom stereocenters. The van der Waals surface area contributed by atoms with E-state index in [4.69, 9.17) is 0 Å². The van der Waals surface area contributed by atoms with Crippen LogP contribution < -0.4 is 0 Å². The smallest absolute Gasteiger partial charge is 0.0689 e. The molecule has 1 rings (SSSR count). The standard InChI is InChI=1S/C15H27N/c1-3-5-6-7-10-15(13-16)11-8-14(4-2)9-12-15/h14H,3-12H2,1-2H3. The number of nitriles is 1. The van der Waals surface area contributed by atoms with Crippen molar-refractivity contribution in [2.24, 2.45) is 11.3 Å². The Morgan fingerprint density at radius 1 is 1.12 bits per heavy atom. The molecule has 1 heteroatoms. The van der Waals surface area contributed by atoms with Crippen molar-refractivity contribution in [1.82, 2.24) is 0 Å². The lowest BCUT2D eigenvalue weighted by Gasteiger charge is -2.34. The van der Waals surface area contributed by atoms with Crippen LogP contribution in [0.25, 0.3) is 0 Å². The molecule has 0 saturated heterocycles. The van der Waals surface area contributed by atoms with Crippen LogP contribution in [-0.2, 0) is 0 Å². The average molecular weight is 221 g/mol. The van der Waals surface area contributed by atoms with Crippen LogP contribution in [0.1, 0.15) is 78.1 Å². The van der Waals surface area contributed by atoms with E-state index in [1.54, 1.807) is 0 Å². The average Bonchev–Trinajstić information content (AvgIpc) is 2.35. The Morgan fingerprint density at radius 3 is 2.31 bits per heavy atom. The summed E-state index contributed by atoms with van der Waals surface area (Å²) in [6.07, 6.45) is 12.6. The summed E-state index contributed by atoms with van der Waals surface area (Å²) in [7, 11) is 0. The van der Waals surface area contributed by atoms with E-state index in [0.717, 1.165) is 25.2 Å². The zero-order valence-corrected chi connectivity index (χ0v) is 11.1. The van der Waals surface area contributed by atoms with Gasteiger partial charge in [-0.2, -0.15) is 5.26 Å². The van der Waals surface area contributed by atoms with E-state index in [1.807, 2.05) is 0 Å². The van der Waals surface area contributed by atoms with E-state index in [0.29, 0.717) is 0 Å². The monoisotopic (exact) mass is 221 g/mol. The van der Waals surface area contributed by atoms with Gasteiger partial charge in [0, 0.05) is 0 Å². The van der Waals surface area contributed by atoms with E-state index >= 15 is 0 Å². The SMILES string of the molecule is CCCCCCC1(C#N)CCC(CC)CC1. The maximum absolute atomic E-state index is 9.41. The molecule has 1 aliphatic carbocycles. The quantitative estimate of drug-likeness (QED) is 0.575. The van der Waals surface area contributed by atoms with Crippen LogP contribution in [0, 0.1) is 22.7 Å². The molecule has 0 aromatic rings. The molecule has 1 fully saturated rings. The van der Waals surface area contributed by atoms with Gasteiger partial charge in [0.25, 0.3) is 0 Å². The van der Waals surface area contributed by atoms with Crippen molar-refractivity contribution in [1.29, 1.82) is 5.26 Å². The summed E-state index contributed by atoms with van der Waals surface area (Å²) in [6.45, 7) is 4.53. The topological polar surface area (TPSA) is 23.8 Å². The first-order valence-corrected chi connectivity index (χ1v) is 7.17. The third-order valence-electron chi connectivity index (χ3n) is 4.39. The van der Waals surface area contributed by atoms with Crippen LogP contribution in [0.4, 0.5) is 0 Å². The largest absolute Gasteiger partial charge is 0.198 e. The van der Waals surface area contributed by atoms with Crippen LogP contribution >= 0.6 is 0 Å². The summed E-state index contributed by atoms with van der Waals surface area (Å²) in [6, 6.07) is 2.64. The van der Waals surface area contributed by atoms with Crippen LogP contribution in [0.15, 0.2) is 0 Å². The van der Waals surface area contributed by atoms with Gasteiger partial charge in [-0.15, -0.1) is 0 Å². The predicted octanol–water partition coefficient (Wildman–Crippen LogP) is 5.07. The highest BCUT2D eigenvalue weighted by atomic mass is 14.4. The molecule has 1 saturated carbocycles. The second kappa shape index (κ2) is 6.94. The Morgan fingerprint density at radius 2 is 1.81 bits per heavy atom. The molecule has 0 bridgehead atoms. The van der Waals surface area contributed by atoms with Crippen LogP contribution in [-0.4, -0.2) is 0 Å². The van der Waals surface area contributed by atoms with Crippen LogP contribution in [0.2, 0.25) is 0 Å². The Kier molecular flexibility index (Phi) is 5.88. The minimum absolute atomic E-state index is 0.0550. The number of rotatable bonds is 6. The fourth-order valence-corrected chi connectivity index (χ4v) is 2.95. The fourth-order valence-electron chi connectivity index (χ4n) is 2.95. The summed E-state index contributed by atoms with van der Waals surface area (Å²) in [5.41, 5.74) is 0.0550. The zero-order valence-electron chi connectivity index (χ0n) is 11.1. The second-order valence-electron chi connectivity index (χ2n) is 5.55. The summed E-state index contributed by atoms with van der Waals surface area (Å²) >= 11 is 0. The van der Waals surface area contributed by atoms with Gasteiger partial charge in [-0.25, -0.2) is 0 Å². The normalized spacial score (nSPS) is 29.9. The third-order valence-corrected chi connectivity index (χ3v) is 4.39. The highest BCUT2D eigenvalue weighted by Crippen LogP contribution is 2.43. The zero-order chi connectivity index (χ0) is 11.9. The lowest BCUT2D eigenvalue weighted by atomic mass is 9.68. The molecule has 16 heavy (non-hydrogen) atoms. The maximum atomic E-state index is 9.41. The predicted molar refractivity (Wildman–Crippen MR) is 69.1 cm³/mol. The van der Waals surface area contributed by atoms with Crippen molar-refractivity contribution < 1.29 is 0 Å².